The third kappa shape index (κ3) is 22.6. The van der Waals surface area contributed by atoms with Gasteiger partial charge in [0.1, 0.15) is 0 Å². The lowest BCUT2D eigenvalue weighted by atomic mass is 10.3. The first-order valence-corrected chi connectivity index (χ1v) is 5.55. The van der Waals surface area contributed by atoms with E-state index in [1.165, 1.54) is 12.8 Å². The number of rotatable bonds is 7. The smallest absolute Gasteiger partial charge is 0.0533 e. The average Bonchev–Trinajstić information content (AvgIpc) is 2.13. The van der Waals surface area contributed by atoms with E-state index in [0.717, 1.165) is 19.6 Å². The minimum atomic E-state index is -0.352. The highest BCUT2D eigenvalue weighted by atomic mass is 16.5. The fourth-order valence-corrected chi connectivity index (χ4v) is 0.680. The number of aliphatic hydroxyl groups excluding tert-OH is 2. The SMILES string of the molecule is CC(O)CCO.CCCCOCCC. The van der Waals surface area contributed by atoms with E-state index in [9.17, 15) is 0 Å². The van der Waals surface area contributed by atoms with Crippen molar-refractivity contribution in [1.29, 1.82) is 0 Å². The van der Waals surface area contributed by atoms with Gasteiger partial charge in [0.15, 0.2) is 0 Å². The average molecular weight is 206 g/mol. The molecule has 0 spiro atoms. The molecule has 0 aliphatic rings. The van der Waals surface area contributed by atoms with Crippen LogP contribution in [0.25, 0.3) is 0 Å². The van der Waals surface area contributed by atoms with Crippen LogP contribution < -0.4 is 0 Å². The van der Waals surface area contributed by atoms with Crippen LogP contribution in [0.1, 0.15) is 46.5 Å². The van der Waals surface area contributed by atoms with Gasteiger partial charge in [-0.25, -0.2) is 0 Å². The summed E-state index contributed by atoms with van der Waals surface area (Å²) < 4.78 is 5.22. The van der Waals surface area contributed by atoms with Crippen LogP contribution in [0.4, 0.5) is 0 Å². The zero-order valence-corrected chi connectivity index (χ0v) is 9.83. The molecule has 0 radical (unpaired) electrons. The van der Waals surface area contributed by atoms with Crippen molar-refractivity contribution in [3.8, 4) is 0 Å². The Kier molecular flexibility index (Phi) is 17.9. The molecule has 0 aromatic heterocycles. The number of hydrogen-bond acceptors (Lipinski definition) is 3. The van der Waals surface area contributed by atoms with Gasteiger partial charge in [0.2, 0.25) is 0 Å². The highest BCUT2D eigenvalue weighted by molar-refractivity contribution is 4.40. The quantitative estimate of drug-likeness (QED) is 0.626. The van der Waals surface area contributed by atoms with E-state index >= 15 is 0 Å². The van der Waals surface area contributed by atoms with E-state index in [-0.39, 0.29) is 12.7 Å². The van der Waals surface area contributed by atoms with Gasteiger partial charge in [-0.1, -0.05) is 20.3 Å². The van der Waals surface area contributed by atoms with Crippen molar-refractivity contribution in [2.75, 3.05) is 19.8 Å². The van der Waals surface area contributed by atoms with E-state index < -0.39 is 0 Å². The second-order valence-corrected chi connectivity index (χ2v) is 3.33. The molecule has 0 amide bonds. The molecule has 0 saturated heterocycles. The van der Waals surface area contributed by atoms with Gasteiger partial charge in [0, 0.05) is 19.8 Å². The Bertz CT molecular complexity index is 78.6. The maximum absolute atomic E-state index is 8.39. The van der Waals surface area contributed by atoms with E-state index in [2.05, 4.69) is 13.8 Å². The standard InChI is InChI=1S/C7H16O.C4H10O2/c1-3-5-7-8-6-4-2;1-4(6)2-3-5/h3-7H2,1-2H3;4-6H,2-3H2,1H3. The molecule has 0 aromatic carbocycles. The normalized spacial score (nSPS) is 11.8. The van der Waals surface area contributed by atoms with Gasteiger partial charge in [0.25, 0.3) is 0 Å². The highest BCUT2D eigenvalue weighted by Gasteiger charge is 1.88. The van der Waals surface area contributed by atoms with Crippen molar-refractivity contribution in [2.45, 2.75) is 52.6 Å². The molecule has 14 heavy (non-hydrogen) atoms. The lowest BCUT2D eigenvalue weighted by Gasteiger charge is -1.97. The van der Waals surface area contributed by atoms with Crippen molar-refractivity contribution in [3.63, 3.8) is 0 Å². The van der Waals surface area contributed by atoms with Crippen molar-refractivity contribution >= 4 is 0 Å². The Morgan fingerprint density at radius 1 is 1.14 bits per heavy atom. The van der Waals surface area contributed by atoms with Crippen molar-refractivity contribution < 1.29 is 14.9 Å². The first kappa shape index (κ1) is 16.3. The Hall–Kier alpha value is -0.120. The van der Waals surface area contributed by atoms with Crippen LogP contribution in [-0.2, 0) is 4.74 Å². The second-order valence-electron chi connectivity index (χ2n) is 3.33. The molecule has 1 unspecified atom stereocenters. The van der Waals surface area contributed by atoms with E-state index in [1.54, 1.807) is 6.92 Å². The minimum Gasteiger partial charge on any atom is -0.396 e. The van der Waals surface area contributed by atoms with Gasteiger partial charge in [-0.3, -0.25) is 0 Å². The van der Waals surface area contributed by atoms with Crippen LogP contribution in [0.15, 0.2) is 0 Å². The van der Waals surface area contributed by atoms with Gasteiger partial charge >= 0.3 is 0 Å². The van der Waals surface area contributed by atoms with E-state index in [0.29, 0.717) is 6.42 Å². The van der Waals surface area contributed by atoms with E-state index in [4.69, 9.17) is 14.9 Å². The number of unbranched alkanes of at least 4 members (excludes halogenated alkanes) is 1. The summed E-state index contributed by atoms with van der Waals surface area (Å²) in [6, 6.07) is 0. The largest absolute Gasteiger partial charge is 0.396 e. The first-order valence-electron chi connectivity index (χ1n) is 5.55. The topological polar surface area (TPSA) is 49.7 Å². The minimum absolute atomic E-state index is 0.0810. The van der Waals surface area contributed by atoms with Crippen LogP contribution in [0, 0.1) is 0 Å². The molecule has 0 bridgehead atoms. The predicted molar refractivity (Wildman–Crippen MR) is 59.4 cm³/mol. The fourth-order valence-electron chi connectivity index (χ4n) is 0.680. The molecule has 3 nitrogen and oxygen atoms in total. The van der Waals surface area contributed by atoms with Gasteiger partial charge < -0.3 is 14.9 Å². The molecule has 0 saturated carbocycles. The van der Waals surface area contributed by atoms with Gasteiger partial charge in [-0.2, -0.15) is 0 Å². The summed E-state index contributed by atoms with van der Waals surface area (Å²) in [7, 11) is 0. The molecule has 0 fully saturated rings. The molecule has 3 heteroatoms. The van der Waals surface area contributed by atoms with Crippen LogP contribution in [0.2, 0.25) is 0 Å². The zero-order valence-electron chi connectivity index (χ0n) is 9.83. The van der Waals surface area contributed by atoms with Crippen molar-refractivity contribution in [2.24, 2.45) is 0 Å². The molecule has 1 atom stereocenters. The summed E-state index contributed by atoms with van der Waals surface area (Å²) >= 11 is 0. The fraction of sp³-hybridized carbons (Fsp3) is 1.00. The van der Waals surface area contributed by atoms with Crippen LogP contribution in [0.3, 0.4) is 0 Å². The van der Waals surface area contributed by atoms with E-state index in [1.807, 2.05) is 0 Å². The maximum Gasteiger partial charge on any atom is 0.0533 e. The molecule has 2 N–H and O–H groups in total. The summed E-state index contributed by atoms with van der Waals surface area (Å²) in [5, 5.41) is 16.5. The Balaban J connectivity index is 0. The summed E-state index contributed by atoms with van der Waals surface area (Å²) in [5.74, 6) is 0. The summed E-state index contributed by atoms with van der Waals surface area (Å²) in [5.41, 5.74) is 0. The molecule has 0 aliphatic carbocycles. The lowest BCUT2D eigenvalue weighted by molar-refractivity contribution is 0.132. The summed E-state index contributed by atoms with van der Waals surface area (Å²) in [6.07, 6.45) is 3.72. The second kappa shape index (κ2) is 15.4. The number of ether oxygens (including phenoxy) is 1. The third-order valence-corrected chi connectivity index (χ3v) is 1.54. The monoisotopic (exact) mass is 206 g/mol. The van der Waals surface area contributed by atoms with Gasteiger partial charge in [0.05, 0.1) is 6.10 Å². The molecule has 0 rings (SSSR count). The lowest BCUT2D eigenvalue weighted by Crippen LogP contribution is -2.00. The molecular formula is C11H26O3. The Morgan fingerprint density at radius 3 is 2.07 bits per heavy atom. The number of aliphatic hydroxyl groups is 2. The van der Waals surface area contributed by atoms with Crippen LogP contribution in [0.5, 0.6) is 0 Å². The van der Waals surface area contributed by atoms with Gasteiger partial charge in [-0.05, 0) is 26.2 Å². The predicted octanol–water partition coefficient (Wildman–Crippen LogP) is 1.96. The molecule has 88 valence electrons. The molecule has 0 aliphatic heterocycles. The molecular weight excluding hydrogens is 180 g/mol. The maximum atomic E-state index is 8.39. The zero-order chi connectivity index (χ0) is 11.2. The van der Waals surface area contributed by atoms with Crippen LogP contribution in [-0.4, -0.2) is 36.1 Å². The summed E-state index contributed by atoms with van der Waals surface area (Å²) in [4.78, 5) is 0. The number of hydrogen-bond donors (Lipinski definition) is 2. The van der Waals surface area contributed by atoms with Crippen molar-refractivity contribution in [1.82, 2.24) is 0 Å². The first-order chi connectivity index (χ1) is 6.68. The highest BCUT2D eigenvalue weighted by Crippen LogP contribution is 1.88. The Morgan fingerprint density at radius 2 is 1.79 bits per heavy atom. The van der Waals surface area contributed by atoms with Crippen LogP contribution >= 0.6 is 0 Å². The molecule has 0 heterocycles. The summed E-state index contributed by atoms with van der Waals surface area (Å²) in [6.45, 7) is 7.92. The molecule has 0 aromatic rings. The van der Waals surface area contributed by atoms with Crippen molar-refractivity contribution in [3.05, 3.63) is 0 Å². The van der Waals surface area contributed by atoms with Gasteiger partial charge in [-0.15, -0.1) is 0 Å². The third-order valence-electron chi connectivity index (χ3n) is 1.54. The Labute approximate surface area is 88.1 Å².